The van der Waals surface area contributed by atoms with Crippen LogP contribution < -0.4 is 15.0 Å². The summed E-state index contributed by atoms with van der Waals surface area (Å²) in [4.78, 5) is 24.4. The standard InChI is InChI=1S/C23H29N6O6P/c1-4-29(15(2)22(30)31)36(32,35-18-8-6-5-7-9-18)34-13-16-10-11-17(12-16)28-14-25-19-20(28)26-23(24)27-21(19)33-3/h5-11,14-17H,4,12-13H2,1-3H3,(H,30,31)(H2,24,26,27)/t15?,16-,17+,36?/m1/s1. The highest BCUT2D eigenvalue weighted by atomic mass is 31.2. The maximum absolute atomic E-state index is 13.9. The molecular weight excluding hydrogens is 487 g/mol. The summed E-state index contributed by atoms with van der Waals surface area (Å²) in [6, 6.07) is 7.39. The number of anilines is 1. The van der Waals surface area contributed by atoms with Gasteiger partial charge in [-0.15, -0.1) is 0 Å². The van der Waals surface area contributed by atoms with E-state index in [2.05, 4.69) is 15.0 Å². The van der Waals surface area contributed by atoms with Crippen LogP contribution in [0.25, 0.3) is 11.2 Å². The number of hydrogen-bond acceptors (Lipinski definition) is 9. The van der Waals surface area contributed by atoms with Crippen LogP contribution in [-0.2, 0) is 13.9 Å². The Morgan fingerprint density at radius 2 is 2.06 bits per heavy atom. The first-order valence-electron chi connectivity index (χ1n) is 11.5. The number of carbonyl (C=O) groups is 1. The Morgan fingerprint density at radius 3 is 2.72 bits per heavy atom. The molecule has 12 nitrogen and oxygen atoms in total. The smallest absolute Gasteiger partial charge is 0.462 e. The van der Waals surface area contributed by atoms with Gasteiger partial charge in [0.25, 0.3) is 0 Å². The molecule has 2 heterocycles. The third-order valence-corrected chi connectivity index (χ3v) is 8.14. The maximum Gasteiger partial charge on any atom is 0.462 e. The normalized spacial score (nSPS) is 19.9. The molecule has 0 spiro atoms. The lowest BCUT2D eigenvalue weighted by Gasteiger charge is -2.32. The van der Waals surface area contributed by atoms with E-state index in [-0.39, 0.29) is 31.1 Å². The van der Waals surface area contributed by atoms with Crippen LogP contribution in [0.5, 0.6) is 11.6 Å². The highest BCUT2D eigenvalue weighted by Gasteiger charge is 2.41. The van der Waals surface area contributed by atoms with Crippen molar-refractivity contribution in [3.63, 3.8) is 0 Å². The lowest BCUT2D eigenvalue weighted by atomic mass is 10.1. The zero-order valence-electron chi connectivity index (χ0n) is 20.2. The van der Waals surface area contributed by atoms with E-state index in [0.717, 1.165) is 0 Å². The molecule has 1 aliphatic rings. The third kappa shape index (κ3) is 5.20. The summed E-state index contributed by atoms with van der Waals surface area (Å²) in [5.74, 6) is -0.534. The number of fused-ring (bicyclic) bond motifs is 1. The molecule has 3 aromatic rings. The van der Waals surface area contributed by atoms with Crippen molar-refractivity contribution >= 4 is 30.8 Å². The summed E-state index contributed by atoms with van der Waals surface area (Å²) in [6.07, 6.45) is 6.21. The number of likely N-dealkylation sites (N-methyl/N-ethyl adjacent to an activating group) is 1. The summed E-state index contributed by atoms with van der Waals surface area (Å²) < 4.78 is 34.0. The van der Waals surface area contributed by atoms with E-state index in [9.17, 15) is 14.5 Å². The van der Waals surface area contributed by atoms with Gasteiger partial charge in [0.2, 0.25) is 11.8 Å². The van der Waals surface area contributed by atoms with Crippen LogP contribution in [-0.4, -0.2) is 61.6 Å². The first-order chi connectivity index (χ1) is 17.3. The molecule has 4 rings (SSSR count). The summed E-state index contributed by atoms with van der Waals surface area (Å²) in [5.41, 5.74) is 6.87. The fourth-order valence-corrected chi connectivity index (χ4v) is 6.06. The number of hydrogen-bond donors (Lipinski definition) is 2. The van der Waals surface area contributed by atoms with Crippen LogP contribution in [0.4, 0.5) is 5.95 Å². The molecular formula is C23H29N6O6P. The van der Waals surface area contributed by atoms with E-state index >= 15 is 0 Å². The second kappa shape index (κ2) is 10.7. The van der Waals surface area contributed by atoms with E-state index in [0.29, 0.717) is 29.2 Å². The van der Waals surface area contributed by atoms with Gasteiger partial charge in [-0.05, 0) is 25.5 Å². The minimum absolute atomic E-state index is 0.0625. The lowest BCUT2D eigenvalue weighted by Crippen LogP contribution is -2.38. The molecule has 1 aromatic carbocycles. The fourth-order valence-electron chi connectivity index (χ4n) is 4.12. The number of imidazole rings is 1. The van der Waals surface area contributed by atoms with Gasteiger partial charge >= 0.3 is 13.7 Å². The van der Waals surface area contributed by atoms with Crippen molar-refractivity contribution in [3.05, 3.63) is 48.8 Å². The summed E-state index contributed by atoms with van der Waals surface area (Å²) in [6.45, 7) is 3.38. The van der Waals surface area contributed by atoms with Crippen LogP contribution in [0.1, 0.15) is 26.3 Å². The van der Waals surface area contributed by atoms with Gasteiger partial charge in [-0.1, -0.05) is 37.3 Å². The zero-order chi connectivity index (χ0) is 25.9. The van der Waals surface area contributed by atoms with Gasteiger partial charge < -0.3 is 24.7 Å². The Kier molecular flexibility index (Phi) is 7.58. The molecule has 2 aromatic heterocycles. The quantitative estimate of drug-likeness (QED) is 0.284. The van der Waals surface area contributed by atoms with Crippen LogP contribution in [0.2, 0.25) is 0 Å². The molecule has 0 amide bonds. The van der Waals surface area contributed by atoms with E-state index < -0.39 is 19.8 Å². The van der Waals surface area contributed by atoms with E-state index in [1.165, 1.54) is 18.7 Å². The average molecular weight is 516 g/mol. The highest BCUT2D eigenvalue weighted by molar-refractivity contribution is 7.51. The average Bonchev–Trinajstić information content (AvgIpc) is 3.50. The van der Waals surface area contributed by atoms with Crippen LogP contribution in [0.15, 0.2) is 48.8 Å². The molecule has 0 bridgehead atoms. The fraction of sp³-hybridized carbons (Fsp3) is 0.391. The molecule has 3 N–H and O–H groups in total. The molecule has 0 radical (unpaired) electrons. The molecule has 192 valence electrons. The maximum atomic E-state index is 13.9. The number of rotatable bonds is 11. The molecule has 0 fully saturated rings. The van der Waals surface area contributed by atoms with Gasteiger partial charge in [0.15, 0.2) is 11.2 Å². The van der Waals surface area contributed by atoms with Crippen LogP contribution in [0.3, 0.4) is 0 Å². The Morgan fingerprint density at radius 1 is 1.31 bits per heavy atom. The van der Waals surface area contributed by atoms with Crippen molar-refractivity contribution in [1.82, 2.24) is 24.2 Å². The van der Waals surface area contributed by atoms with Gasteiger partial charge in [-0.3, -0.25) is 9.32 Å². The predicted octanol–water partition coefficient (Wildman–Crippen LogP) is 3.53. The minimum atomic E-state index is -4.00. The number of aromatic nitrogens is 4. The molecule has 0 aliphatic heterocycles. The highest BCUT2D eigenvalue weighted by Crippen LogP contribution is 2.53. The summed E-state index contributed by atoms with van der Waals surface area (Å²) in [5, 5.41) is 9.55. The van der Waals surface area contributed by atoms with E-state index in [4.69, 9.17) is 19.5 Å². The topological polar surface area (TPSA) is 155 Å². The number of carboxylic acids is 1. The second-order valence-electron chi connectivity index (χ2n) is 8.30. The molecule has 0 saturated carbocycles. The van der Waals surface area contributed by atoms with Gasteiger partial charge in [0.1, 0.15) is 11.8 Å². The number of nitrogens with zero attached hydrogens (tertiary/aromatic N) is 5. The van der Waals surface area contributed by atoms with Crippen molar-refractivity contribution in [2.24, 2.45) is 5.92 Å². The van der Waals surface area contributed by atoms with Crippen LogP contribution >= 0.6 is 7.75 Å². The van der Waals surface area contributed by atoms with Crippen LogP contribution in [0, 0.1) is 5.92 Å². The number of ether oxygens (including phenoxy) is 1. The van der Waals surface area contributed by atoms with Crippen molar-refractivity contribution < 1.29 is 28.3 Å². The first kappa shape index (κ1) is 25.6. The number of para-hydroxylation sites is 1. The van der Waals surface area contributed by atoms with E-state index in [1.54, 1.807) is 43.6 Å². The number of methoxy groups -OCH3 is 1. The van der Waals surface area contributed by atoms with Crippen molar-refractivity contribution in [2.45, 2.75) is 32.4 Å². The number of carboxylic acid groups (broad SMARTS) is 1. The molecule has 36 heavy (non-hydrogen) atoms. The van der Waals surface area contributed by atoms with Crippen molar-refractivity contribution in [1.29, 1.82) is 0 Å². The Bertz CT molecular complexity index is 1300. The SMILES string of the molecule is CCN(C(C)C(=O)O)P(=O)(OC[C@@H]1C=C[C@H](n2cnc3c(OC)nc(N)nc32)C1)Oc1ccccc1. The Hall–Kier alpha value is -3.47. The zero-order valence-corrected chi connectivity index (χ0v) is 21.1. The number of benzene rings is 1. The molecule has 2 unspecified atom stereocenters. The van der Waals surface area contributed by atoms with Crippen molar-refractivity contribution in [3.8, 4) is 11.6 Å². The molecule has 0 saturated heterocycles. The van der Waals surface area contributed by atoms with Crippen molar-refractivity contribution in [2.75, 3.05) is 26.0 Å². The summed E-state index contributed by atoms with van der Waals surface area (Å²) in [7, 11) is -2.51. The number of aliphatic carboxylic acids is 1. The number of allylic oxidation sites excluding steroid dienone is 1. The molecule has 1 aliphatic carbocycles. The molecule has 4 atom stereocenters. The monoisotopic (exact) mass is 516 g/mol. The minimum Gasteiger partial charge on any atom is -0.480 e. The van der Waals surface area contributed by atoms with E-state index in [1.807, 2.05) is 16.7 Å². The lowest BCUT2D eigenvalue weighted by molar-refractivity contribution is -0.141. The Labute approximate surface area is 208 Å². The molecule has 13 heteroatoms. The summed E-state index contributed by atoms with van der Waals surface area (Å²) >= 11 is 0. The number of nitrogen functional groups attached to an aromatic ring is 1. The van der Waals surface area contributed by atoms with Gasteiger partial charge in [0.05, 0.1) is 26.1 Å². The predicted molar refractivity (Wildman–Crippen MR) is 133 cm³/mol. The van der Waals surface area contributed by atoms with Gasteiger partial charge in [-0.2, -0.15) is 14.6 Å². The number of nitrogens with two attached hydrogens (primary N) is 1. The second-order valence-corrected chi connectivity index (χ2v) is 10.2. The largest absolute Gasteiger partial charge is 0.480 e. The van der Waals surface area contributed by atoms with Gasteiger partial charge in [-0.25, -0.2) is 9.55 Å². The Balaban J connectivity index is 1.51. The first-order valence-corrected chi connectivity index (χ1v) is 13.0. The van der Waals surface area contributed by atoms with Gasteiger partial charge in [0, 0.05) is 12.5 Å². The third-order valence-electron chi connectivity index (χ3n) is 5.97.